The molecule has 1 heterocycles. The molecule has 0 unspecified atom stereocenters. The van der Waals surface area contributed by atoms with Crippen LogP contribution in [0.15, 0.2) is 71.7 Å². The lowest BCUT2D eigenvalue weighted by atomic mass is 10.1. The van der Waals surface area contributed by atoms with Crippen LogP contribution in [0, 0.1) is 21.4 Å². The Morgan fingerprint density at radius 2 is 1.75 bits per heavy atom. The van der Waals surface area contributed by atoms with E-state index in [-0.39, 0.29) is 0 Å². The molecule has 138 valence electrons. The van der Waals surface area contributed by atoms with Gasteiger partial charge in [0.1, 0.15) is 18.2 Å². The zero-order chi connectivity index (χ0) is 20.1. The van der Waals surface area contributed by atoms with E-state index in [1.807, 2.05) is 42.5 Å². The minimum absolute atomic E-state index is 0.394. The molecule has 0 spiro atoms. The first-order valence-electron chi connectivity index (χ1n) is 8.22. The van der Waals surface area contributed by atoms with E-state index in [2.05, 4.69) is 5.32 Å². The molecule has 0 radical (unpaired) electrons. The van der Waals surface area contributed by atoms with Gasteiger partial charge in [0.15, 0.2) is 0 Å². The highest BCUT2D eigenvalue weighted by molar-refractivity contribution is 5.90. The molecule has 0 bridgehead atoms. The van der Waals surface area contributed by atoms with Gasteiger partial charge in [-0.3, -0.25) is 24.3 Å². The number of rotatable bonds is 5. The number of nitro groups is 1. The van der Waals surface area contributed by atoms with Gasteiger partial charge in [-0.1, -0.05) is 42.5 Å². The number of amides is 1. The molecule has 0 fully saturated rings. The zero-order valence-corrected chi connectivity index (χ0v) is 14.5. The standard InChI is InChI=1S/C20H14N4O4/c21-11-16-10-18(24(27)28)12-23(20(16)26)13-19(25)22-17-8-6-15(7-9-17)14-4-2-1-3-5-14/h1-10,12H,13H2,(H,22,25). The second-order valence-electron chi connectivity index (χ2n) is 5.91. The highest BCUT2D eigenvalue weighted by atomic mass is 16.6. The van der Waals surface area contributed by atoms with Crippen molar-refractivity contribution in [3.05, 3.63) is 92.9 Å². The van der Waals surface area contributed by atoms with Gasteiger partial charge in [0.25, 0.3) is 11.2 Å². The van der Waals surface area contributed by atoms with Crippen molar-refractivity contribution < 1.29 is 9.72 Å². The summed E-state index contributed by atoms with van der Waals surface area (Å²) in [6.45, 7) is -0.449. The van der Waals surface area contributed by atoms with Gasteiger partial charge in [0.2, 0.25) is 5.91 Å². The first-order chi connectivity index (χ1) is 13.5. The van der Waals surface area contributed by atoms with Crippen LogP contribution in [0.4, 0.5) is 11.4 Å². The van der Waals surface area contributed by atoms with E-state index in [9.17, 15) is 19.7 Å². The number of nitrogens with zero attached hydrogens (tertiary/aromatic N) is 3. The largest absolute Gasteiger partial charge is 0.325 e. The number of aromatic nitrogens is 1. The minimum atomic E-state index is -0.761. The first-order valence-corrected chi connectivity index (χ1v) is 8.22. The molecular formula is C20H14N4O4. The molecular weight excluding hydrogens is 360 g/mol. The van der Waals surface area contributed by atoms with Crippen molar-refractivity contribution in [1.29, 1.82) is 5.26 Å². The molecule has 1 aromatic heterocycles. The molecule has 28 heavy (non-hydrogen) atoms. The number of nitriles is 1. The van der Waals surface area contributed by atoms with E-state index in [1.165, 1.54) is 0 Å². The predicted octanol–water partition coefficient (Wildman–Crippen LogP) is 2.93. The smallest absolute Gasteiger partial charge is 0.287 e. The molecule has 8 heteroatoms. The Kier molecular flexibility index (Phi) is 5.28. The summed E-state index contributed by atoms with van der Waals surface area (Å²) in [6.07, 6.45) is 0.946. The fourth-order valence-corrected chi connectivity index (χ4v) is 2.65. The molecule has 0 aliphatic rings. The van der Waals surface area contributed by atoms with Gasteiger partial charge < -0.3 is 5.32 Å². The van der Waals surface area contributed by atoms with Crippen LogP contribution in [0.1, 0.15) is 5.56 Å². The average Bonchev–Trinajstić information content (AvgIpc) is 2.70. The van der Waals surface area contributed by atoms with Gasteiger partial charge in [-0.25, -0.2) is 0 Å². The second-order valence-corrected chi connectivity index (χ2v) is 5.91. The molecule has 3 aromatic rings. The Morgan fingerprint density at radius 1 is 1.11 bits per heavy atom. The van der Waals surface area contributed by atoms with E-state index in [1.54, 1.807) is 18.2 Å². The SMILES string of the molecule is N#Cc1cc([N+](=O)[O-])cn(CC(=O)Nc2ccc(-c3ccccc3)cc2)c1=O. The molecule has 0 aliphatic carbocycles. The van der Waals surface area contributed by atoms with Gasteiger partial charge in [-0.05, 0) is 23.3 Å². The Labute approximate surface area is 159 Å². The molecule has 0 saturated heterocycles. The van der Waals surface area contributed by atoms with Crippen molar-refractivity contribution in [1.82, 2.24) is 4.57 Å². The van der Waals surface area contributed by atoms with Crippen LogP contribution >= 0.6 is 0 Å². The minimum Gasteiger partial charge on any atom is -0.325 e. The Balaban J connectivity index is 1.76. The maximum Gasteiger partial charge on any atom is 0.287 e. The molecule has 8 nitrogen and oxygen atoms in total. The molecule has 1 amide bonds. The van der Waals surface area contributed by atoms with Crippen molar-refractivity contribution in [2.75, 3.05) is 5.32 Å². The molecule has 3 rings (SSSR count). The monoisotopic (exact) mass is 374 g/mol. The summed E-state index contributed by atoms with van der Waals surface area (Å²) < 4.78 is 0.852. The summed E-state index contributed by atoms with van der Waals surface area (Å²) in [5.41, 5.74) is 0.941. The van der Waals surface area contributed by atoms with Gasteiger partial charge in [-0.2, -0.15) is 5.26 Å². The Bertz CT molecular complexity index is 1130. The van der Waals surface area contributed by atoms with Crippen molar-refractivity contribution in [2.45, 2.75) is 6.54 Å². The van der Waals surface area contributed by atoms with E-state index in [0.29, 0.717) is 5.69 Å². The van der Waals surface area contributed by atoms with E-state index in [4.69, 9.17) is 5.26 Å². The van der Waals surface area contributed by atoms with Crippen molar-refractivity contribution in [3.8, 4) is 17.2 Å². The van der Waals surface area contributed by atoms with Gasteiger partial charge in [-0.15, -0.1) is 0 Å². The predicted molar refractivity (Wildman–Crippen MR) is 103 cm³/mol. The highest BCUT2D eigenvalue weighted by Crippen LogP contribution is 2.21. The number of anilines is 1. The quantitative estimate of drug-likeness (QED) is 0.544. The fourth-order valence-electron chi connectivity index (χ4n) is 2.65. The van der Waals surface area contributed by atoms with Crippen LogP contribution in [-0.2, 0) is 11.3 Å². The summed E-state index contributed by atoms with van der Waals surface area (Å²) in [7, 11) is 0. The van der Waals surface area contributed by atoms with Gasteiger partial charge in [0, 0.05) is 11.8 Å². The first kappa shape index (κ1) is 18.5. The lowest BCUT2D eigenvalue weighted by Gasteiger charge is -2.09. The summed E-state index contributed by atoms with van der Waals surface area (Å²) in [6, 6.07) is 19.3. The number of pyridine rings is 1. The summed E-state index contributed by atoms with van der Waals surface area (Å²) in [4.78, 5) is 34.6. The van der Waals surface area contributed by atoms with Crippen molar-refractivity contribution in [3.63, 3.8) is 0 Å². The van der Waals surface area contributed by atoms with E-state index < -0.39 is 34.2 Å². The van der Waals surface area contributed by atoms with Crippen molar-refractivity contribution in [2.24, 2.45) is 0 Å². The molecule has 2 aromatic carbocycles. The average molecular weight is 374 g/mol. The number of carbonyl (C=O) groups is 1. The van der Waals surface area contributed by atoms with Crippen molar-refractivity contribution >= 4 is 17.3 Å². The van der Waals surface area contributed by atoms with Crippen LogP contribution < -0.4 is 10.9 Å². The summed E-state index contributed by atoms with van der Waals surface area (Å²) in [5.74, 6) is -0.543. The number of nitrogens with one attached hydrogen (secondary N) is 1. The second kappa shape index (κ2) is 7.97. The van der Waals surface area contributed by atoms with Gasteiger partial charge in [0.05, 0.1) is 11.1 Å². The summed E-state index contributed by atoms with van der Waals surface area (Å²) in [5, 5.41) is 22.5. The summed E-state index contributed by atoms with van der Waals surface area (Å²) >= 11 is 0. The third-order valence-electron chi connectivity index (χ3n) is 3.99. The third-order valence-corrected chi connectivity index (χ3v) is 3.99. The lowest BCUT2D eigenvalue weighted by molar-refractivity contribution is -0.385. The normalized spacial score (nSPS) is 10.1. The molecule has 0 atom stereocenters. The number of hydrogen-bond acceptors (Lipinski definition) is 5. The van der Waals surface area contributed by atoms with Gasteiger partial charge >= 0.3 is 0 Å². The fraction of sp³-hybridized carbons (Fsp3) is 0.0500. The zero-order valence-electron chi connectivity index (χ0n) is 14.5. The Hall–Kier alpha value is -4.25. The maximum atomic E-state index is 12.2. The van der Waals surface area contributed by atoms with Crippen LogP contribution in [-0.4, -0.2) is 15.4 Å². The third kappa shape index (κ3) is 4.11. The molecule has 0 aliphatic heterocycles. The van der Waals surface area contributed by atoms with Crippen LogP contribution in [0.3, 0.4) is 0 Å². The van der Waals surface area contributed by atoms with Crippen LogP contribution in [0.25, 0.3) is 11.1 Å². The topological polar surface area (TPSA) is 118 Å². The Morgan fingerprint density at radius 3 is 2.36 bits per heavy atom. The maximum absolute atomic E-state index is 12.2. The highest BCUT2D eigenvalue weighted by Gasteiger charge is 2.15. The lowest BCUT2D eigenvalue weighted by Crippen LogP contribution is -2.29. The number of carbonyl (C=O) groups excluding carboxylic acids is 1. The number of hydrogen-bond donors (Lipinski definition) is 1. The molecule has 0 saturated carbocycles. The van der Waals surface area contributed by atoms with Crippen LogP contribution in [0.2, 0.25) is 0 Å². The van der Waals surface area contributed by atoms with E-state index >= 15 is 0 Å². The van der Waals surface area contributed by atoms with Crippen LogP contribution in [0.5, 0.6) is 0 Å². The molecule has 1 N–H and O–H groups in total. The number of benzene rings is 2. The van der Waals surface area contributed by atoms with E-state index in [0.717, 1.165) is 28.0 Å².